The zero-order valence-electron chi connectivity index (χ0n) is 29.0. The molecule has 1 aromatic carbocycles. The highest BCUT2D eigenvalue weighted by atomic mass is 16.6. The number of hydrogen-bond donors (Lipinski definition) is 4. The molecule has 4 N–H and O–H groups in total. The number of fused-ring (bicyclic) bond motifs is 2. The number of amides is 4. The van der Waals surface area contributed by atoms with Crippen molar-refractivity contribution in [2.45, 2.75) is 98.4 Å². The van der Waals surface area contributed by atoms with E-state index in [0.717, 1.165) is 56.4 Å². The first-order chi connectivity index (χ1) is 22.1. The molecule has 0 radical (unpaired) electrons. The third-order valence-corrected chi connectivity index (χ3v) is 7.53. The van der Waals surface area contributed by atoms with Gasteiger partial charge in [0.25, 0.3) is 0 Å². The number of carbonyl (C=O) groups excluding carboxylic acids is 4. The van der Waals surface area contributed by atoms with E-state index >= 15 is 0 Å². The van der Waals surface area contributed by atoms with Crippen molar-refractivity contribution in [3.05, 3.63) is 48.3 Å². The van der Waals surface area contributed by atoms with Crippen LogP contribution in [0.1, 0.15) is 91.0 Å². The fourth-order valence-corrected chi connectivity index (χ4v) is 4.76. The molecule has 11 nitrogen and oxygen atoms in total. The zero-order chi connectivity index (χ0) is 34.3. The van der Waals surface area contributed by atoms with E-state index in [-0.39, 0.29) is 42.8 Å². The predicted molar refractivity (Wildman–Crippen MR) is 185 cm³/mol. The van der Waals surface area contributed by atoms with Crippen molar-refractivity contribution in [1.82, 2.24) is 30.9 Å². The van der Waals surface area contributed by atoms with Gasteiger partial charge in [0.15, 0.2) is 0 Å². The van der Waals surface area contributed by atoms with Gasteiger partial charge in [0.1, 0.15) is 13.2 Å². The number of hydrogen-bond acceptors (Lipinski definition) is 6. The van der Waals surface area contributed by atoms with Gasteiger partial charge in [0, 0.05) is 36.8 Å². The van der Waals surface area contributed by atoms with E-state index in [1.54, 1.807) is 11.8 Å². The van der Waals surface area contributed by atoms with Crippen LogP contribution in [-0.2, 0) is 19.2 Å². The molecule has 11 heteroatoms. The minimum absolute atomic E-state index is 0.0919. The van der Waals surface area contributed by atoms with E-state index in [0.29, 0.717) is 13.0 Å². The molecule has 46 heavy (non-hydrogen) atoms. The summed E-state index contributed by atoms with van der Waals surface area (Å²) in [6.07, 6.45) is 11.4. The Morgan fingerprint density at radius 3 is 2.22 bits per heavy atom. The average Bonchev–Trinajstić information content (AvgIpc) is 3.41. The van der Waals surface area contributed by atoms with E-state index in [4.69, 9.17) is 4.84 Å². The molecule has 1 atom stereocenters. The number of nitrogens with zero attached hydrogens (tertiary/aromatic N) is 2. The van der Waals surface area contributed by atoms with Gasteiger partial charge >= 0.3 is 0 Å². The number of aromatic nitrogens is 1. The van der Waals surface area contributed by atoms with Crippen LogP contribution in [0.2, 0.25) is 0 Å². The van der Waals surface area contributed by atoms with Gasteiger partial charge in [-0.1, -0.05) is 71.2 Å². The molecule has 2 saturated heterocycles. The van der Waals surface area contributed by atoms with Crippen LogP contribution in [0.15, 0.2) is 42.7 Å². The number of benzene rings is 1. The molecule has 2 fully saturated rings. The third-order valence-electron chi connectivity index (χ3n) is 7.53. The summed E-state index contributed by atoms with van der Waals surface area (Å²) in [6.45, 7) is 16.1. The lowest BCUT2D eigenvalue weighted by molar-refractivity contribution is -0.130. The van der Waals surface area contributed by atoms with E-state index in [1.165, 1.54) is 30.2 Å². The van der Waals surface area contributed by atoms with Crippen molar-refractivity contribution in [2.24, 2.45) is 0 Å². The van der Waals surface area contributed by atoms with Gasteiger partial charge in [0.2, 0.25) is 23.6 Å². The van der Waals surface area contributed by atoms with Crippen LogP contribution < -0.4 is 26.1 Å². The number of nitrogens with one attached hydrogen (secondary N) is 4. The minimum Gasteiger partial charge on any atom is -0.417 e. The summed E-state index contributed by atoms with van der Waals surface area (Å²) in [5.41, 5.74) is 3.09. The van der Waals surface area contributed by atoms with Gasteiger partial charge in [-0.3, -0.25) is 19.2 Å². The summed E-state index contributed by atoms with van der Waals surface area (Å²) in [5, 5.41) is 11.8. The molecule has 2 aromatic rings. The van der Waals surface area contributed by atoms with E-state index in [1.807, 2.05) is 36.2 Å². The second-order valence-corrected chi connectivity index (χ2v) is 11.3. The Bertz CT molecular complexity index is 1190. The lowest BCUT2D eigenvalue weighted by atomic mass is 10.0. The highest BCUT2D eigenvalue weighted by Crippen LogP contribution is 2.21. The van der Waals surface area contributed by atoms with Gasteiger partial charge in [-0.2, -0.15) is 4.73 Å². The van der Waals surface area contributed by atoms with Crippen LogP contribution in [0, 0.1) is 6.92 Å². The second-order valence-electron chi connectivity index (χ2n) is 11.3. The zero-order valence-corrected chi connectivity index (χ0v) is 29.0. The quantitative estimate of drug-likeness (QED) is 0.334. The maximum absolute atomic E-state index is 12.2. The van der Waals surface area contributed by atoms with Crippen molar-refractivity contribution in [3.63, 3.8) is 0 Å². The molecular formula is C35H58N6O5. The number of carbonyl (C=O) groups is 4. The molecule has 2 aliphatic rings. The van der Waals surface area contributed by atoms with Crippen LogP contribution in [0.4, 0.5) is 0 Å². The van der Waals surface area contributed by atoms with Crippen molar-refractivity contribution < 1.29 is 24.0 Å². The molecule has 1 unspecified atom stereocenters. The average molecular weight is 643 g/mol. The standard InChI is InChI=1S/C13H20N4O3.C10H11NO.C8H17NO.C4H10/c1-9-6-14-11(18)7-15-12(19)8-16-13(20)10-4-2-3-5-17(9)10;1-8-7-11(12-2)10-6-4-3-5-9(8)10;1-3-5-6-7-8(10)9-4-2;1-3-4-2/h10H,1-8H2,(H,14,18)(H,15,19)(H,16,20);3-7H,1-2H3;3-7H2,1-2H3,(H,9,10);3-4H2,1-2H3. The molecule has 4 amide bonds. The summed E-state index contributed by atoms with van der Waals surface area (Å²) in [5.74, 6) is -0.598. The number of para-hydroxylation sites is 1. The summed E-state index contributed by atoms with van der Waals surface area (Å²) in [6, 6.07) is 7.89. The maximum atomic E-state index is 12.2. The maximum Gasteiger partial charge on any atom is 0.243 e. The van der Waals surface area contributed by atoms with Crippen LogP contribution in [-0.4, -0.2) is 79.1 Å². The van der Waals surface area contributed by atoms with E-state index in [9.17, 15) is 19.2 Å². The number of aryl methyl sites for hydroxylation is 1. The Balaban J connectivity index is 0.000000348. The molecule has 258 valence electrons. The Morgan fingerprint density at radius 1 is 0.935 bits per heavy atom. The smallest absolute Gasteiger partial charge is 0.243 e. The number of rotatable bonds is 7. The largest absolute Gasteiger partial charge is 0.417 e. The molecule has 4 rings (SSSR count). The van der Waals surface area contributed by atoms with Gasteiger partial charge in [-0.05, 0) is 51.2 Å². The number of piperidine rings is 1. The Labute approximate surface area is 275 Å². The Hall–Kier alpha value is -4.02. The van der Waals surface area contributed by atoms with Crippen molar-refractivity contribution in [1.29, 1.82) is 0 Å². The Morgan fingerprint density at radius 2 is 1.59 bits per heavy atom. The molecule has 2 aliphatic heterocycles. The fraction of sp³-hybridized carbons (Fsp3) is 0.600. The molecular weight excluding hydrogens is 584 g/mol. The summed E-state index contributed by atoms with van der Waals surface area (Å²) in [4.78, 5) is 53.1. The first-order valence-corrected chi connectivity index (χ1v) is 16.8. The van der Waals surface area contributed by atoms with Crippen molar-refractivity contribution >= 4 is 34.5 Å². The number of unbranched alkanes of at least 4 members (excludes halogenated alkanes) is 3. The van der Waals surface area contributed by atoms with Gasteiger partial charge in [-0.15, -0.1) is 0 Å². The highest BCUT2D eigenvalue weighted by molar-refractivity contribution is 5.90. The fourth-order valence-electron chi connectivity index (χ4n) is 4.76. The van der Waals surface area contributed by atoms with Crippen LogP contribution in [0.5, 0.6) is 0 Å². The van der Waals surface area contributed by atoms with E-state index in [2.05, 4.69) is 61.6 Å². The summed E-state index contributed by atoms with van der Waals surface area (Å²) >= 11 is 0. The van der Waals surface area contributed by atoms with Gasteiger partial charge < -0.3 is 31.0 Å². The highest BCUT2D eigenvalue weighted by Gasteiger charge is 2.30. The minimum atomic E-state index is -0.366. The summed E-state index contributed by atoms with van der Waals surface area (Å²) in [7, 11) is 1.67. The summed E-state index contributed by atoms with van der Waals surface area (Å²) < 4.78 is 1.78. The molecule has 1 aromatic heterocycles. The van der Waals surface area contributed by atoms with Crippen LogP contribution in [0.25, 0.3) is 10.9 Å². The molecule has 0 aliphatic carbocycles. The first-order valence-electron chi connectivity index (χ1n) is 16.8. The molecule has 0 bridgehead atoms. The van der Waals surface area contributed by atoms with Gasteiger partial charge in [-0.25, -0.2) is 0 Å². The predicted octanol–water partition coefficient (Wildman–Crippen LogP) is 4.23. The molecule has 0 spiro atoms. The Kier molecular flexibility index (Phi) is 20.3. The normalized spacial score (nSPS) is 16.6. The molecule has 3 heterocycles. The van der Waals surface area contributed by atoms with E-state index < -0.39 is 0 Å². The van der Waals surface area contributed by atoms with Crippen LogP contribution >= 0.6 is 0 Å². The van der Waals surface area contributed by atoms with Gasteiger partial charge in [0.05, 0.1) is 25.2 Å². The molecule has 0 saturated carbocycles. The van der Waals surface area contributed by atoms with Crippen molar-refractivity contribution in [2.75, 3.05) is 39.8 Å². The van der Waals surface area contributed by atoms with Crippen LogP contribution in [0.3, 0.4) is 0 Å². The third kappa shape index (κ3) is 14.8. The second kappa shape index (κ2) is 23.3. The SMILES string of the molecule is C=C1CNC(=O)CNC(=O)CNC(=O)C2CCCCN12.CCCC.CCCCCC(=O)NCC.COn1cc(C)c2ccccc21. The topological polar surface area (TPSA) is 134 Å². The first kappa shape index (κ1) is 40.0. The monoisotopic (exact) mass is 642 g/mol. The lowest BCUT2D eigenvalue weighted by Crippen LogP contribution is -2.53. The lowest BCUT2D eigenvalue weighted by Gasteiger charge is -2.37. The van der Waals surface area contributed by atoms with Crippen molar-refractivity contribution in [3.8, 4) is 0 Å².